The minimum absolute atomic E-state index is 0.187. The second kappa shape index (κ2) is 11.4. The van der Waals surface area contributed by atoms with Crippen LogP contribution in [0.25, 0.3) is 6.08 Å². The van der Waals surface area contributed by atoms with Crippen LogP contribution in [0.1, 0.15) is 52.0 Å². The van der Waals surface area contributed by atoms with Gasteiger partial charge in [0.2, 0.25) is 5.91 Å². The zero-order valence-corrected chi connectivity index (χ0v) is 22.5. The zero-order valence-electron chi connectivity index (χ0n) is 20.0. The number of carbonyl (C=O) groups excluding carboxylic acids is 3. The van der Waals surface area contributed by atoms with Crippen LogP contribution in [0.4, 0.5) is 5.00 Å². The van der Waals surface area contributed by atoms with Crippen molar-refractivity contribution in [2.45, 2.75) is 38.5 Å². The second-order valence-corrected chi connectivity index (χ2v) is 11.2. The van der Waals surface area contributed by atoms with E-state index in [4.69, 9.17) is 27.4 Å². The molecule has 1 aliphatic carbocycles. The molecule has 8 nitrogen and oxygen atoms in total. The number of primary amides is 1. The Balaban J connectivity index is 1.35. The lowest BCUT2D eigenvalue weighted by Crippen LogP contribution is -2.29. The Kier molecular flexibility index (Phi) is 8.32. The number of aryl methyl sites for hydroxylation is 1. The molecule has 4 rings (SSSR count). The van der Waals surface area contributed by atoms with Crippen molar-refractivity contribution < 1.29 is 23.9 Å². The fourth-order valence-electron chi connectivity index (χ4n) is 4.29. The molecule has 2 aromatic rings. The smallest absolute Gasteiger partial charge is 0.266 e. The van der Waals surface area contributed by atoms with Gasteiger partial charge >= 0.3 is 0 Å². The van der Waals surface area contributed by atoms with E-state index in [1.807, 2.05) is 6.07 Å². The number of thiophene rings is 1. The fourth-order valence-corrected chi connectivity index (χ4v) is 6.91. The Hall–Kier alpha value is -2.89. The maximum absolute atomic E-state index is 12.9. The van der Waals surface area contributed by atoms with Gasteiger partial charge in [-0.15, -0.1) is 11.3 Å². The summed E-state index contributed by atoms with van der Waals surface area (Å²) in [6, 6.07) is 5.40. The number of fused-ring (bicyclic) bond motifs is 1. The van der Waals surface area contributed by atoms with Crippen LogP contribution in [0, 0.1) is 0 Å². The van der Waals surface area contributed by atoms with Crippen LogP contribution < -0.4 is 20.5 Å². The molecule has 11 heteroatoms. The minimum Gasteiger partial charge on any atom is -0.493 e. The third-order valence-electron chi connectivity index (χ3n) is 6.04. The summed E-state index contributed by atoms with van der Waals surface area (Å²) in [5.41, 5.74) is 7.82. The van der Waals surface area contributed by atoms with Crippen molar-refractivity contribution >= 4 is 68.4 Å². The Morgan fingerprint density at radius 1 is 1.19 bits per heavy atom. The third-order valence-corrected chi connectivity index (χ3v) is 8.62. The number of amides is 3. The third kappa shape index (κ3) is 5.58. The number of nitrogens with one attached hydrogen (secondary N) is 1. The number of ether oxygens (including phenoxy) is 2. The highest BCUT2D eigenvalue weighted by molar-refractivity contribution is 8.26. The van der Waals surface area contributed by atoms with Gasteiger partial charge in [0, 0.05) is 17.8 Å². The first-order chi connectivity index (χ1) is 17.3. The van der Waals surface area contributed by atoms with Crippen molar-refractivity contribution in [2.75, 3.05) is 26.1 Å². The predicted octanol–water partition coefficient (Wildman–Crippen LogP) is 4.36. The van der Waals surface area contributed by atoms with Crippen molar-refractivity contribution in [3.63, 3.8) is 0 Å². The number of nitrogens with two attached hydrogens (primary N) is 1. The molecule has 3 N–H and O–H groups in total. The largest absolute Gasteiger partial charge is 0.493 e. The number of thiocarbonyl (C=S) groups is 1. The van der Waals surface area contributed by atoms with Crippen LogP contribution in [-0.2, 0) is 22.4 Å². The number of hydrogen-bond donors (Lipinski definition) is 2. The van der Waals surface area contributed by atoms with Gasteiger partial charge in [-0.1, -0.05) is 30.0 Å². The maximum atomic E-state index is 12.9. The van der Waals surface area contributed by atoms with E-state index in [0.29, 0.717) is 44.3 Å². The van der Waals surface area contributed by atoms with Crippen molar-refractivity contribution in [3.8, 4) is 11.5 Å². The summed E-state index contributed by atoms with van der Waals surface area (Å²) in [6.07, 6.45) is 6.18. The lowest BCUT2D eigenvalue weighted by Gasteiger charge is -2.14. The SMILES string of the molecule is COc1ccc(C=C2SC(=S)N(CCCC(=O)Nc3sc4c(c3C(N)=O)CCCC4)C2=O)cc1OC. The van der Waals surface area contributed by atoms with Gasteiger partial charge in [0.05, 0.1) is 24.7 Å². The predicted molar refractivity (Wildman–Crippen MR) is 147 cm³/mol. The Morgan fingerprint density at radius 2 is 1.94 bits per heavy atom. The van der Waals surface area contributed by atoms with Gasteiger partial charge in [0.15, 0.2) is 11.5 Å². The molecule has 1 aromatic heterocycles. The Bertz CT molecular complexity index is 1250. The van der Waals surface area contributed by atoms with Crippen molar-refractivity contribution in [2.24, 2.45) is 5.73 Å². The molecule has 0 atom stereocenters. The monoisotopic (exact) mass is 545 g/mol. The van der Waals surface area contributed by atoms with E-state index in [0.717, 1.165) is 41.7 Å². The van der Waals surface area contributed by atoms with Crippen LogP contribution in [0.3, 0.4) is 0 Å². The number of hydrogen-bond acceptors (Lipinski definition) is 8. The lowest BCUT2D eigenvalue weighted by atomic mass is 9.95. The van der Waals surface area contributed by atoms with Crippen LogP contribution >= 0.6 is 35.3 Å². The van der Waals surface area contributed by atoms with Gasteiger partial charge in [0.1, 0.15) is 9.32 Å². The average molecular weight is 546 g/mol. The molecular formula is C25H27N3O5S3. The molecule has 1 aliphatic heterocycles. The van der Waals surface area contributed by atoms with Gasteiger partial charge in [-0.2, -0.15) is 0 Å². The number of methoxy groups -OCH3 is 2. The first-order valence-electron chi connectivity index (χ1n) is 11.5. The fraction of sp³-hybridized carbons (Fsp3) is 0.360. The first kappa shape index (κ1) is 26.2. The maximum Gasteiger partial charge on any atom is 0.266 e. The summed E-state index contributed by atoms with van der Waals surface area (Å²) in [5.74, 6) is 0.248. The van der Waals surface area contributed by atoms with Gasteiger partial charge in [-0.3, -0.25) is 19.3 Å². The Morgan fingerprint density at radius 3 is 2.67 bits per heavy atom. The highest BCUT2D eigenvalue weighted by Gasteiger charge is 2.32. The first-order valence-corrected chi connectivity index (χ1v) is 13.6. The van der Waals surface area contributed by atoms with E-state index in [2.05, 4.69) is 5.32 Å². The number of anilines is 1. The van der Waals surface area contributed by atoms with Crippen LogP contribution in [0.2, 0.25) is 0 Å². The summed E-state index contributed by atoms with van der Waals surface area (Å²) in [5, 5.41) is 3.39. The van der Waals surface area contributed by atoms with E-state index in [9.17, 15) is 14.4 Å². The van der Waals surface area contributed by atoms with Crippen LogP contribution in [0.15, 0.2) is 23.1 Å². The van der Waals surface area contributed by atoms with E-state index < -0.39 is 5.91 Å². The molecule has 190 valence electrons. The standard InChI is InChI=1S/C25H27N3O5S3/c1-32-16-10-9-14(12-17(16)33-2)13-19-24(31)28(25(34)36-19)11-5-8-20(29)27-23-21(22(26)30)15-6-3-4-7-18(15)35-23/h9-10,12-13H,3-8,11H2,1-2H3,(H2,26,30)(H,27,29). The zero-order chi connectivity index (χ0) is 25.8. The lowest BCUT2D eigenvalue weighted by molar-refractivity contribution is -0.122. The number of rotatable bonds is 9. The molecule has 1 saturated heterocycles. The summed E-state index contributed by atoms with van der Waals surface area (Å²) >= 11 is 8.08. The Labute approximate surface area is 223 Å². The summed E-state index contributed by atoms with van der Waals surface area (Å²) in [7, 11) is 3.12. The number of thioether (sulfide) groups is 1. The normalized spacial score (nSPS) is 16.3. The summed E-state index contributed by atoms with van der Waals surface area (Å²) in [4.78, 5) is 40.7. The molecule has 0 spiro atoms. The van der Waals surface area contributed by atoms with Crippen molar-refractivity contribution in [1.29, 1.82) is 0 Å². The molecule has 36 heavy (non-hydrogen) atoms. The molecule has 2 aliphatic rings. The highest BCUT2D eigenvalue weighted by atomic mass is 32.2. The molecule has 1 aromatic carbocycles. The van der Waals surface area contributed by atoms with Crippen LogP contribution in [0.5, 0.6) is 11.5 Å². The second-order valence-electron chi connectivity index (χ2n) is 8.38. The van der Waals surface area contributed by atoms with Gasteiger partial charge < -0.3 is 20.5 Å². The van der Waals surface area contributed by atoms with E-state index in [-0.39, 0.29) is 18.2 Å². The van der Waals surface area contributed by atoms with E-state index in [1.54, 1.807) is 32.4 Å². The molecular weight excluding hydrogens is 518 g/mol. The quantitative estimate of drug-likeness (QED) is 0.356. The minimum atomic E-state index is -0.511. The molecule has 0 unspecified atom stereocenters. The topological polar surface area (TPSA) is 111 Å². The highest BCUT2D eigenvalue weighted by Crippen LogP contribution is 2.38. The molecule has 0 bridgehead atoms. The van der Waals surface area contributed by atoms with Crippen LogP contribution in [-0.4, -0.2) is 47.7 Å². The van der Waals surface area contributed by atoms with Crippen molar-refractivity contribution in [3.05, 3.63) is 44.7 Å². The number of carbonyl (C=O) groups is 3. The molecule has 2 heterocycles. The molecule has 1 fully saturated rings. The van der Waals surface area contributed by atoms with Gasteiger partial charge in [0.25, 0.3) is 11.8 Å². The van der Waals surface area contributed by atoms with Gasteiger partial charge in [-0.05, 0) is 61.4 Å². The summed E-state index contributed by atoms with van der Waals surface area (Å²) < 4.78 is 11.0. The molecule has 0 radical (unpaired) electrons. The average Bonchev–Trinajstić information content (AvgIpc) is 3.35. The summed E-state index contributed by atoms with van der Waals surface area (Å²) in [6.45, 7) is 0.324. The van der Waals surface area contributed by atoms with E-state index in [1.165, 1.54) is 28.0 Å². The van der Waals surface area contributed by atoms with Gasteiger partial charge in [-0.25, -0.2) is 0 Å². The number of benzene rings is 1. The molecule has 3 amide bonds. The molecule has 0 saturated carbocycles. The number of nitrogens with zero attached hydrogens (tertiary/aromatic N) is 1. The van der Waals surface area contributed by atoms with E-state index >= 15 is 0 Å². The van der Waals surface area contributed by atoms with Crippen molar-refractivity contribution in [1.82, 2.24) is 4.90 Å².